The number of piperazine rings is 1. The van der Waals surface area contributed by atoms with Crippen LogP contribution in [0.3, 0.4) is 0 Å². The summed E-state index contributed by atoms with van der Waals surface area (Å²) >= 11 is 12.0. The first-order chi connectivity index (χ1) is 10.1. The quantitative estimate of drug-likeness (QED) is 0.836. The summed E-state index contributed by atoms with van der Waals surface area (Å²) in [7, 11) is 0. The number of rotatable bonds is 2. The molecule has 0 bridgehead atoms. The van der Waals surface area contributed by atoms with Gasteiger partial charge in [-0.15, -0.1) is 0 Å². The van der Waals surface area contributed by atoms with Gasteiger partial charge in [0.05, 0.1) is 10.0 Å². The number of anilines is 1. The zero-order valence-corrected chi connectivity index (χ0v) is 13.2. The van der Waals surface area contributed by atoms with Crippen molar-refractivity contribution >= 4 is 34.8 Å². The summed E-state index contributed by atoms with van der Waals surface area (Å²) in [6.45, 7) is 3.75. The van der Waals surface area contributed by atoms with Crippen molar-refractivity contribution in [2.75, 3.05) is 37.7 Å². The van der Waals surface area contributed by atoms with Crippen LogP contribution in [0.2, 0.25) is 10.0 Å². The Kier molecular flexibility index (Phi) is 4.57. The van der Waals surface area contributed by atoms with Gasteiger partial charge in [0.2, 0.25) is 0 Å². The monoisotopic (exact) mass is 328 g/mol. The zero-order chi connectivity index (χ0) is 14.8. The molecule has 0 saturated carbocycles. The van der Waals surface area contributed by atoms with E-state index in [2.05, 4.69) is 4.90 Å². The van der Waals surface area contributed by atoms with E-state index in [4.69, 9.17) is 27.9 Å². The minimum Gasteiger partial charge on any atom is -0.368 e. The lowest BCUT2D eigenvalue weighted by molar-refractivity contribution is -0.141. The number of ether oxygens (including phenoxy) is 1. The molecule has 1 aromatic rings. The van der Waals surface area contributed by atoms with E-state index in [0.717, 1.165) is 44.7 Å². The molecule has 2 heterocycles. The molecule has 3 rings (SSSR count). The lowest BCUT2D eigenvalue weighted by atomic mass is 10.2. The molecule has 0 spiro atoms. The molecular formula is C15H18Cl2N2O2. The van der Waals surface area contributed by atoms with Crippen LogP contribution in [0.15, 0.2) is 18.2 Å². The highest BCUT2D eigenvalue weighted by atomic mass is 35.5. The molecule has 2 aliphatic heterocycles. The Morgan fingerprint density at radius 1 is 1.14 bits per heavy atom. The molecular weight excluding hydrogens is 311 g/mol. The topological polar surface area (TPSA) is 32.8 Å². The van der Waals surface area contributed by atoms with E-state index in [1.807, 2.05) is 23.1 Å². The minimum atomic E-state index is -0.221. The van der Waals surface area contributed by atoms with Crippen LogP contribution in [0.25, 0.3) is 0 Å². The number of nitrogens with zero attached hydrogens (tertiary/aromatic N) is 2. The van der Waals surface area contributed by atoms with E-state index in [9.17, 15) is 4.79 Å². The van der Waals surface area contributed by atoms with E-state index >= 15 is 0 Å². The van der Waals surface area contributed by atoms with Crippen molar-refractivity contribution < 1.29 is 9.53 Å². The van der Waals surface area contributed by atoms with Crippen LogP contribution < -0.4 is 4.90 Å². The van der Waals surface area contributed by atoms with Crippen LogP contribution in [-0.4, -0.2) is 49.7 Å². The lowest BCUT2D eigenvalue weighted by Crippen LogP contribution is -2.51. The first-order valence-electron chi connectivity index (χ1n) is 7.25. The molecule has 2 fully saturated rings. The fourth-order valence-electron chi connectivity index (χ4n) is 2.84. The standard InChI is InChI=1S/C15H18Cl2N2O2/c16-12-4-3-11(10-13(12)17)18-5-7-19(8-6-18)15(20)14-2-1-9-21-14/h3-4,10,14H,1-2,5-9H2/t14-/m1/s1. The molecule has 21 heavy (non-hydrogen) atoms. The second kappa shape index (κ2) is 6.42. The van der Waals surface area contributed by atoms with Crippen LogP contribution in [-0.2, 0) is 9.53 Å². The zero-order valence-electron chi connectivity index (χ0n) is 11.7. The van der Waals surface area contributed by atoms with E-state index in [1.165, 1.54) is 0 Å². The molecule has 0 unspecified atom stereocenters. The third kappa shape index (κ3) is 3.28. The van der Waals surface area contributed by atoms with Gasteiger partial charge in [0.25, 0.3) is 5.91 Å². The first-order valence-corrected chi connectivity index (χ1v) is 8.01. The fourth-order valence-corrected chi connectivity index (χ4v) is 3.14. The molecule has 114 valence electrons. The van der Waals surface area contributed by atoms with Gasteiger partial charge in [0, 0.05) is 38.5 Å². The number of hydrogen-bond acceptors (Lipinski definition) is 3. The Labute approximate surface area is 134 Å². The van der Waals surface area contributed by atoms with Gasteiger partial charge in [0.1, 0.15) is 6.10 Å². The molecule has 0 aromatic heterocycles. The van der Waals surface area contributed by atoms with Gasteiger partial charge in [-0.3, -0.25) is 4.79 Å². The van der Waals surface area contributed by atoms with Crippen molar-refractivity contribution in [1.82, 2.24) is 4.90 Å². The van der Waals surface area contributed by atoms with E-state index in [1.54, 1.807) is 0 Å². The van der Waals surface area contributed by atoms with Crippen molar-refractivity contribution in [2.45, 2.75) is 18.9 Å². The van der Waals surface area contributed by atoms with Gasteiger partial charge in [-0.25, -0.2) is 0 Å². The highest BCUT2D eigenvalue weighted by Crippen LogP contribution is 2.28. The van der Waals surface area contributed by atoms with Gasteiger partial charge in [0.15, 0.2) is 0 Å². The third-order valence-corrected chi connectivity index (χ3v) is 4.80. The maximum Gasteiger partial charge on any atom is 0.251 e. The van der Waals surface area contributed by atoms with Crippen LogP contribution in [0, 0.1) is 0 Å². The smallest absolute Gasteiger partial charge is 0.251 e. The molecule has 2 aliphatic rings. The predicted octanol–water partition coefficient (Wildman–Crippen LogP) is 2.82. The second-order valence-corrected chi connectivity index (χ2v) is 6.23. The Morgan fingerprint density at radius 2 is 1.90 bits per heavy atom. The molecule has 1 amide bonds. The van der Waals surface area contributed by atoms with Crippen LogP contribution >= 0.6 is 23.2 Å². The van der Waals surface area contributed by atoms with Gasteiger partial charge in [-0.1, -0.05) is 23.2 Å². The molecule has 0 radical (unpaired) electrons. The average molecular weight is 329 g/mol. The number of halogens is 2. The first kappa shape index (κ1) is 14.9. The molecule has 0 N–H and O–H groups in total. The average Bonchev–Trinajstić information content (AvgIpc) is 3.04. The summed E-state index contributed by atoms with van der Waals surface area (Å²) in [6, 6.07) is 5.65. The Morgan fingerprint density at radius 3 is 2.52 bits per heavy atom. The van der Waals surface area contributed by atoms with Gasteiger partial charge in [-0.2, -0.15) is 0 Å². The normalized spacial score (nSPS) is 22.7. The van der Waals surface area contributed by atoms with Crippen LogP contribution in [0.4, 0.5) is 5.69 Å². The van der Waals surface area contributed by atoms with Crippen molar-refractivity contribution in [1.29, 1.82) is 0 Å². The third-order valence-electron chi connectivity index (χ3n) is 4.06. The molecule has 1 aromatic carbocycles. The SMILES string of the molecule is O=C([C@H]1CCCO1)N1CCN(c2ccc(Cl)c(Cl)c2)CC1. The predicted molar refractivity (Wildman–Crippen MR) is 84.2 cm³/mol. The van der Waals surface area contributed by atoms with Crippen molar-refractivity contribution in [3.05, 3.63) is 28.2 Å². The van der Waals surface area contributed by atoms with Crippen LogP contribution in [0.1, 0.15) is 12.8 Å². The minimum absolute atomic E-state index is 0.140. The highest BCUT2D eigenvalue weighted by molar-refractivity contribution is 6.42. The van der Waals surface area contributed by atoms with Crippen LogP contribution in [0.5, 0.6) is 0 Å². The molecule has 6 heteroatoms. The fraction of sp³-hybridized carbons (Fsp3) is 0.533. The lowest BCUT2D eigenvalue weighted by Gasteiger charge is -2.37. The number of hydrogen-bond donors (Lipinski definition) is 0. The number of benzene rings is 1. The number of amides is 1. The highest BCUT2D eigenvalue weighted by Gasteiger charge is 2.30. The summed E-state index contributed by atoms with van der Waals surface area (Å²) in [4.78, 5) is 16.4. The molecule has 1 atom stereocenters. The summed E-state index contributed by atoms with van der Waals surface area (Å²) in [5.41, 5.74) is 1.05. The Balaban J connectivity index is 1.59. The Hall–Kier alpha value is -0.970. The van der Waals surface area contributed by atoms with E-state index in [-0.39, 0.29) is 12.0 Å². The van der Waals surface area contributed by atoms with E-state index < -0.39 is 0 Å². The van der Waals surface area contributed by atoms with E-state index in [0.29, 0.717) is 16.7 Å². The van der Waals surface area contributed by atoms with Crippen molar-refractivity contribution in [3.8, 4) is 0 Å². The largest absolute Gasteiger partial charge is 0.368 e. The molecule has 0 aliphatic carbocycles. The molecule has 2 saturated heterocycles. The van der Waals surface area contributed by atoms with Gasteiger partial charge >= 0.3 is 0 Å². The molecule has 4 nitrogen and oxygen atoms in total. The van der Waals surface area contributed by atoms with Gasteiger partial charge in [-0.05, 0) is 31.0 Å². The number of carbonyl (C=O) groups is 1. The summed E-state index contributed by atoms with van der Waals surface area (Å²) in [6.07, 6.45) is 1.62. The van der Waals surface area contributed by atoms with Crippen molar-refractivity contribution in [2.24, 2.45) is 0 Å². The number of carbonyl (C=O) groups excluding carboxylic acids is 1. The maximum absolute atomic E-state index is 12.3. The second-order valence-electron chi connectivity index (χ2n) is 5.41. The summed E-state index contributed by atoms with van der Waals surface area (Å²) < 4.78 is 5.47. The summed E-state index contributed by atoms with van der Waals surface area (Å²) in [5, 5.41) is 1.12. The van der Waals surface area contributed by atoms with Crippen molar-refractivity contribution in [3.63, 3.8) is 0 Å². The maximum atomic E-state index is 12.3. The van der Waals surface area contributed by atoms with Gasteiger partial charge < -0.3 is 14.5 Å². The summed E-state index contributed by atoms with van der Waals surface area (Å²) in [5.74, 6) is 0.140. The Bertz CT molecular complexity index is 524.